The molecule has 0 saturated carbocycles. The molecule has 0 bridgehead atoms. The van der Waals surface area contributed by atoms with Crippen molar-refractivity contribution >= 4 is 29.4 Å². The number of hydrazone groups is 1. The Hall–Kier alpha value is -4.57. The van der Waals surface area contributed by atoms with E-state index in [1.807, 2.05) is 24.3 Å². The van der Waals surface area contributed by atoms with Gasteiger partial charge >= 0.3 is 11.6 Å². The van der Waals surface area contributed by atoms with Crippen LogP contribution in [0.3, 0.4) is 0 Å². The molecule has 0 fully saturated rings. The lowest BCUT2D eigenvalue weighted by Crippen LogP contribution is -2.16. The van der Waals surface area contributed by atoms with Gasteiger partial charge in [-0.15, -0.1) is 0 Å². The van der Waals surface area contributed by atoms with Crippen LogP contribution in [-0.4, -0.2) is 28.2 Å². The quantitative estimate of drug-likeness (QED) is 0.151. The van der Waals surface area contributed by atoms with Gasteiger partial charge in [-0.25, -0.2) is 5.43 Å². The lowest BCUT2D eigenvalue weighted by Gasteiger charge is -2.10. The second-order valence-corrected chi connectivity index (χ2v) is 8.65. The molecule has 196 valence electrons. The monoisotopic (exact) mass is 536 g/mol. The summed E-state index contributed by atoms with van der Waals surface area (Å²) in [4.78, 5) is 23.1. The van der Waals surface area contributed by atoms with Crippen LogP contribution in [0.2, 0.25) is 5.02 Å². The van der Waals surface area contributed by atoms with Crippen LogP contribution >= 0.6 is 11.6 Å². The molecule has 1 amide bonds. The molecule has 0 radical (unpaired) electrons. The third-order valence-electron chi connectivity index (χ3n) is 5.54. The topological polar surface area (TPSA) is 121 Å². The minimum absolute atomic E-state index is 0.0206. The van der Waals surface area contributed by atoms with Crippen LogP contribution in [0.4, 0.5) is 5.69 Å². The zero-order chi connectivity index (χ0) is 27.2. The number of furan rings is 1. The molecule has 0 aliphatic heterocycles. The highest BCUT2D eigenvalue weighted by molar-refractivity contribution is 6.32. The van der Waals surface area contributed by atoms with E-state index in [9.17, 15) is 14.9 Å². The van der Waals surface area contributed by atoms with E-state index in [1.165, 1.54) is 24.4 Å². The van der Waals surface area contributed by atoms with Crippen molar-refractivity contribution in [2.24, 2.45) is 5.10 Å². The Morgan fingerprint density at radius 1 is 1.11 bits per heavy atom. The number of nitro groups is 1. The number of carbonyl (C=O) groups is 1. The number of hydrogen-bond acceptors (Lipinski definition) is 7. The molecule has 0 aliphatic rings. The molecular formula is C27H25ClN4O6. The van der Waals surface area contributed by atoms with E-state index in [1.54, 1.807) is 13.0 Å². The summed E-state index contributed by atoms with van der Waals surface area (Å²) in [6.07, 6.45) is 1.24. The molecular weight excluding hydrogens is 512 g/mol. The molecule has 4 aromatic rings. The first kappa shape index (κ1) is 26.5. The van der Waals surface area contributed by atoms with Crippen LogP contribution in [0, 0.1) is 24.0 Å². The number of hydrogen-bond donors (Lipinski definition) is 1. The number of nitro benzene ring substituents is 1. The number of rotatable bonds is 10. The van der Waals surface area contributed by atoms with Gasteiger partial charge in [0.05, 0.1) is 22.8 Å². The number of nitrogens with zero attached hydrogens (tertiary/aromatic N) is 3. The van der Waals surface area contributed by atoms with Crippen LogP contribution in [0.5, 0.6) is 11.5 Å². The van der Waals surface area contributed by atoms with E-state index in [-0.39, 0.29) is 35.4 Å². The molecule has 4 rings (SSSR count). The molecule has 0 unspecified atom stereocenters. The maximum Gasteiger partial charge on any atom is 0.313 e. The summed E-state index contributed by atoms with van der Waals surface area (Å²) < 4.78 is 18.7. The molecule has 11 heteroatoms. The van der Waals surface area contributed by atoms with Gasteiger partial charge < -0.3 is 18.5 Å². The van der Waals surface area contributed by atoms with E-state index < -0.39 is 10.8 Å². The minimum atomic E-state index is -0.599. The smallest absolute Gasteiger partial charge is 0.313 e. The van der Waals surface area contributed by atoms with Crippen LogP contribution in [-0.2, 0) is 6.61 Å². The Kier molecular flexibility index (Phi) is 8.12. The van der Waals surface area contributed by atoms with Gasteiger partial charge in [0.15, 0.2) is 5.76 Å². The first-order chi connectivity index (χ1) is 18.3. The molecule has 0 aliphatic carbocycles. The van der Waals surface area contributed by atoms with E-state index >= 15 is 0 Å². The van der Waals surface area contributed by atoms with Gasteiger partial charge in [-0.3, -0.25) is 14.9 Å². The molecule has 38 heavy (non-hydrogen) atoms. The van der Waals surface area contributed by atoms with Crippen molar-refractivity contribution < 1.29 is 23.6 Å². The maximum atomic E-state index is 12.4. The Labute approximate surface area is 223 Å². The predicted octanol–water partition coefficient (Wildman–Crippen LogP) is 5.99. The van der Waals surface area contributed by atoms with Gasteiger partial charge in [0, 0.05) is 28.7 Å². The minimum Gasteiger partial charge on any atom is -0.486 e. The number of carbonyl (C=O) groups excluding carboxylic acids is 1. The van der Waals surface area contributed by atoms with E-state index in [2.05, 4.69) is 41.1 Å². The fourth-order valence-corrected chi connectivity index (χ4v) is 4.09. The summed E-state index contributed by atoms with van der Waals surface area (Å²) in [5.41, 5.74) is 5.66. The Balaban J connectivity index is 1.34. The van der Waals surface area contributed by atoms with Gasteiger partial charge in [-0.1, -0.05) is 11.6 Å². The third kappa shape index (κ3) is 6.04. The van der Waals surface area contributed by atoms with Crippen molar-refractivity contribution in [2.75, 3.05) is 6.61 Å². The number of aryl methyl sites for hydroxylation is 2. The number of halogens is 1. The van der Waals surface area contributed by atoms with Crippen LogP contribution in [0.1, 0.15) is 40.2 Å². The standard InChI is InChI=1S/C27H25ClN4O6/c1-4-36-26-23(28)13-19(14-24(26)32(34)35)15-29-30-27(33)25-12-11-22(38-25)16-37-21-9-7-20(8-10-21)31-17(2)5-6-18(31)3/h5-15H,4,16H2,1-3H3,(H,30,33)/b29-15+. The molecule has 2 aromatic carbocycles. The third-order valence-corrected chi connectivity index (χ3v) is 5.82. The Morgan fingerprint density at radius 2 is 1.82 bits per heavy atom. The number of amides is 1. The highest BCUT2D eigenvalue weighted by Crippen LogP contribution is 2.35. The number of ether oxygens (including phenoxy) is 2. The first-order valence-electron chi connectivity index (χ1n) is 11.7. The van der Waals surface area contributed by atoms with Crippen molar-refractivity contribution in [2.45, 2.75) is 27.4 Å². The summed E-state index contributed by atoms with van der Waals surface area (Å²) >= 11 is 6.11. The average molecular weight is 537 g/mol. The van der Waals surface area contributed by atoms with Gasteiger partial charge in [0.1, 0.15) is 18.1 Å². The Morgan fingerprint density at radius 3 is 2.47 bits per heavy atom. The van der Waals surface area contributed by atoms with Crippen LogP contribution in [0.25, 0.3) is 5.69 Å². The Bertz CT molecular complexity index is 1470. The molecule has 0 saturated heterocycles. The molecule has 1 N–H and O–H groups in total. The summed E-state index contributed by atoms with van der Waals surface area (Å²) in [6, 6.07) is 17.7. The molecule has 2 heterocycles. The molecule has 0 spiro atoms. The number of benzene rings is 2. The predicted molar refractivity (Wildman–Crippen MR) is 143 cm³/mol. The fourth-order valence-electron chi connectivity index (χ4n) is 3.82. The lowest BCUT2D eigenvalue weighted by molar-refractivity contribution is -0.385. The van der Waals surface area contributed by atoms with E-state index in [0.717, 1.165) is 17.1 Å². The van der Waals surface area contributed by atoms with Crippen molar-refractivity contribution in [3.8, 4) is 17.2 Å². The summed E-state index contributed by atoms with van der Waals surface area (Å²) in [7, 11) is 0. The highest BCUT2D eigenvalue weighted by atomic mass is 35.5. The van der Waals surface area contributed by atoms with Crippen LogP contribution < -0.4 is 14.9 Å². The van der Waals surface area contributed by atoms with Gasteiger partial charge in [-0.2, -0.15) is 5.10 Å². The summed E-state index contributed by atoms with van der Waals surface area (Å²) in [5, 5.41) is 15.2. The van der Waals surface area contributed by atoms with Gasteiger partial charge in [-0.05, 0) is 75.4 Å². The van der Waals surface area contributed by atoms with Crippen molar-refractivity contribution in [1.29, 1.82) is 0 Å². The van der Waals surface area contributed by atoms with Gasteiger partial charge in [0.2, 0.25) is 5.75 Å². The van der Waals surface area contributed by atoms with Crippen molar-refractivity contribution in [1.82, 2.24) is 9.99 Å². The summed E-state index contributed by atoms with van der Waals surface area (Å²) in [6.45, 7) is 6.15. The highest BCUT2D eigenvalue weighted by Gasteiger charge is 2.20. The normalized spacial score (nSPS) is 11.1. The lowest BCUT2D eigenvalue weighted by atomic mass is 10.2. The molecule has 10 nitrogen and oxygen atoms in total. The first-order valence-corrected chi connectivity index (χ1v) is 12.1. The maximum absolute atomic E-state index is 12.4. The zero-order valence-electron chi connectivity index (χ0n) is 20.9. The SMILES string of the molecule is CCOc1c(Cl)cc(/C=N/NC(=O)c2ccc(COc3ccc(-n4c(C)ccc4C)cc3)o2)cc1[N+](=O)[O-]. The number of aromatic nitrogens is 1. The number of nitrogens with one attached hydrogen (secondary N) is 1. The summed E-state index contributed by atoms with van der Waals surface area (Å²) in [5.74, 6) is 0.527. The van der Waals surface area contributed by atoms with Crippen molar-refractivity contribution in [3.05, 3.63) is 104 Å². The average Bonchev–Trinajstić information content (AvgIpc) is 3.50. The second kappa shape index (κ2) is 11.7. The fraction of sp³-hybridized carbons (Fsp3) is 0.185. The largest absolute Gasteiger partial charge is 0.486 e. The van der Waals surface area contributed by atoms with Crippen LogP contribution in [0.15, 0.2) is 70.2 Å². The van der Waals surface area contributed by atoms with E-state index in [4.69, 9.17) is 25.5 Å². The van der Waals surface area contributed by atoms with E-state index in [0.29, 0.717) is 17.1 Å². The molecule has 2 aromatic heterocycles. The molecule has 0 atom stereocenters. The second-order valence-electron chi connectivity index (χ2n) is 8.24. The van der Waals surface area contributed by atoms with Crippen molar-refractivity contribution in [3.63, 3.8) is 0 Å². The zero-order valence-corrected chi connectivity index (χ0v) is 21.7. The van der Waals surface area contributed by atoms with Gasteiger partial charge in [0.25, 0.3) is 0 Å².